The van der Waals surface area contributed by atoms with Crippen LogP contribution < -0.4 is 5.43 Å². The Morgan fingerprint density at radius 3 is 2.56 bits per heavy atom. The normalized spacial score (nSPS) is 11.1. The molecule has 0 aliphatic rings. The lowest BCUT2D eigenvalue weighted by Gasteiger charge is -2.13. The molecule has 0 amide bonds. The second-order valence-corrected chi connectivity index (χ2v) is 4.32. The third-order valence-electron chi connectivity index (χ3n) is 2.88. The molecule has 0 bridgehead atoms. The molecular formula is C12H14N6. The van der Waals surface area contributed by atoms with E-state index in [1.807, 2.05) is 31.5 Å². The summed E-state index contributed by atoms with van der Waals surface area (Å²) in [5.41, 5.74) is 6.50. The first kappa shape index (κ1) is 10.8. The number of anilines is 1. The second kappa shape index (κ2) is 3.83. The van der Waals surface area contributed by atoms with Gasteiger partial charge >= 0.3 is 0 Å². The van der Waals surface area contributed by atoms with E-state index in [4.69, 9.17) is 0 Å². The van der Waals surface area contributed by atoms with E-state index in [1.165, 1.54) is 6.33 Å². The van der Waals surface area contributed by atoms with Crippen LogP contribution in [0, 0.1) is 20.8 Å². The van der Waals surface area contributed by atoms with Crippen LogP contribution >= 0.6 is 0 Å². The molecule has 6 nitrogen and oxygen atoms in total. The van der Waals surface area contributed by atoms with E-state index in [2.05, 4.69) is 32.6 Å². The van der Waals surface area contributed by atoms with Crippen molar-refractivity contribution in [2.75, 3.05) is 5.43 Å². The summed E-state index contributed by atoms with van der Waals surface area (Å²) in [5.74, 6) is 1.44. The van der Waals surface area contributed by atoms with Crippen LogP contribution in [0.3, 0.4) is 0 Å². The zero-order valence-electron chi connectivity index (χ0n) is 10.5. The summed E-state index contributed by atoms with van der Waals surface area (Å²) in [6.07, 6.45) is 1.50. The minimum atomic E-state index is 0.597. The summed E-state index contributed by atoms with van der Waals surface area (Å²) in [6, 6.07) is 6.07. The highest BCUT2D eigenvalue weighted by atomic mass is 15.5. The van der Waals surface area contributed by atoms with Gasteiger partial charge in [0, 0.05) is 23.1 Å². The minimum absolute atomic E-state index is 0.597. The van der Waals surface area contributed by atoms with Gasteiger partial charge in [-0.05, 0) is 32.9 Å². The Kier molecular flexibility index (Phi) is 2.29. The van der Waals surface area contributed by atoms with Crippen LogP contribution in [0.25, 0.3) is 5.78 Å². The van der Waals surface area contributed by atoms with Crippen LogP contribution in [-0.4, -0.2) is 24.3 Å². The smallest absolute Gasteiger partial charge is 0.254 e. The van der Waals surface area contributed by atoms with E-state index in [9.17, 15) is 0 Å². The summed E-state index contributed by atoms with van der Waals surface area (Å²) in [4.78, 5) is 8.42. The maximum absolute atomic E-state index is 4.31. The maximum atomic E-state index is 4.31. The first-order valence-electron chi connectivity index (χ1n) is 5.74. The average Bonchev–Trinajstić information content (AvgIpc) is 2.90. The SMILES string of the molecule is Cc1cc(Nn2c(C)ccc2C)n2ncnc2n1. The molecule has 6 heteroatoms. The highest BCUT2D eigenvalue weighted by molar-refractivity contribution is 5.45. The Labute approximate surface area is 104 Å². The van der Waals surface area contributed by atoms with Gasteiger partial charge in [0.1, 0.15) is 6.33 Å². The molecule has 0 unspecified atom stereocenters. The Morgan fingerprint density at radius 2 is 1.83 bits per heavy atom. The number of rotatable bonds is 2. The molecule has 3 rings (SSSR count). The van der Waals surface area contributed by atoms with Crippen molar-refractivity contribution >= 4 is 11.6 Å². The molecule has 1 N–H and O–H groups in total. The lowest BCUT2D eigenvalue weighted by molar-refractivity contribution is 0.833. The van der Waals surface area contributed by atoms with Gasteiger partial charge in [-0.15, -0.1) is 0 Å². The first-order valence-corrected chi connectivity index (χ1v) is 5.74. The van der Waals surface area contributed by atoms with Crippen LogP contribution in [0.15, 0.2) is 24.5 Å². The van der Waals surface area contributed by atoms with Gasteiger partial charge in [0.2, 0.25) is 0 Å². The standard InChI is InChI=1S/C12H14N6/c1-8-6-11(18-12(15-8)13-7-14-18)16-17-9(2)4-5-10(17)3/h4-7,16H,1-3H3. The lowest BCUT2D eigenvalue weighted by atomic mass is 10.4. The van der Waals surface area contributed by atoms with Crippen molar-refractivity contribution in [3.05, 3.63) is 41.6 Å². The molecule has 18 heavy (non-hydrogen) atoms. The highest BCUT2D eigenvalue weighted by Crippen LogP contribution is 2.13. The summed E-state index contributed by atoms with van der Waals surface area (Å²) in [7, 11) is 0. The van der Waals surface area contributed by atoms with Crippen molar-refractivity contribution in [2.45, 2.75) is 20.8 Å². The topological polar surface area (TPSA) is 60.0 Å². The zero-order chi connectivity index (χ0) is 12.7. The number of fused-ring (bicyclic) bond motifs is 1. The lowest BCUT2D eigenvalue weighted by Crippen LogP contribution is -2.15. The van der Waals surface area contributed by atoms with Gasteiger partial charge < -0.3 is 0 Å². The van der Waals surface area contributed by atoms with Crippen molar-refractivity contribution in [1.82, 2.24) is 24.3 Å². The van der Waals surface area contributed by atoms with Crippen LogP contribution in [0.5, 0.6) is 0 Å². The molecular weight excluding hydrogens is 228 g/mol. The van der Waals surface area contributed by atoms with Crippen molar-refractivity contribution in [3.63, 3.8) is 0 Å². The zero-order valence-corrected chi connectivity index (χ0v) is 10.5. The molecule has 0 aliphatic heterocycles. The van der Waals surface area contributed by atoms with Crippen molar-refractivity contribution in [2.24, 2.45) is 0 Å². The number of aromatic nitrogens is 5. The third kappa shape index (κ3) is 1.62. The largest absolute Gasteiger partial charge is 0.277 e. The quantitative estimate of drug-likeness (QED) is 0.743. The highest BCUT2D eigenvalue weighted by Gasteiger charge is 2.07. The number of hydrogen-bond acceptors (Lipinski definition) is 4. The fourth-order valence-electron chi connectivity index (χ4n) is 1.97. The summed E-state index contributed by atoms with van der Waals surface area (Å²) < 4.78 is 3.70. The van der Waals surface area contributed by atoms with E-state index < -0.39 is 0 Å². The maximum Gasteiger partial charge on any atom is 0.254 e. The molecule has 0 fully saturated rings. The second-order valence-electron chi connectivity index (χ2n) is 4.32. The monoisotopic (exact) mass is 242 g/mol. The first-order chi connectivity index (χ1) is 8.65. The van der Waals surface area contributed by atoms with Crippen molar-refractivity contribution in [3.8, 4) is 0 Å². The Morgan fingerprint density at radius 1 is 1.11 bits per heavy atom. The summed E-state index contributed by atoms with van der Waals surface area (Å²) in [5, 5.41) is 4.17. The Hall–Kier alpha value is -2.37. The molecule has 3 aromatic heterocycles. The predicted molar refractivity (Wildman–Crippen MR) is 68.4 cm³/mol. The average molecular weight is 242 g/mol. The molecule has 0 aliphatic carbocycles. The van der Waals surface area contributed by atoms with Crippen LogP contribution in [0.4, 0.5) is 5.82 Å². The fraction of sp³-hybridized carbons (Fsp3) is 0.250. The van der Waals surface area contributed by atoms with Crippen molar-refractivity contribution < 1.29 is 0 Å². The Balaban J connectivity index is 2.12. The van der Waals surface area contributed by atoms with Gasteiger partial charge in [-0.25, -0.2) is 4.98 Å². The van der Waals surface area contributed by atoms with Gasteiger partial charge in [-0.3, -0.25) is 10.1 Å². The minimum Gasteiger partial charge on any atom is -0.277 e. The number of hydrogen-bond donors (Lipinski definition) is 1. The van der Waals surface area contributed by atoms with Gasteiger partial charge in [0.05, 0.1) is 0 Å². The van der Waals surface area contributed by atoms with Gasteiger partial charge in [0.25, 0.3) is 5.78 Å². The van der Waals surface area contributed by atoms with Crippen LogP contribution in [0.1, 0.15) is 17.1 Å². The fourth-order valence-corrected chi connectivity index (χ4v) is 1.97. The van der Waals surface area contributed by atoms with Crippen molar-refractivity contribution in [1.29, 1.82) is 0 Å². The van der Waals surface area contributed by atoms with Crippen LogP contribution in [0.2, 0.25) is 0 Å². The van der Waals surface area contributed by atoms with Gasteiger partial charge in [-0.2, -0.15) is 14.6 Å². The van der Waals surface area contributed by atoms with Gasteiger partial charge in [-0.1, -0.05) is 0 Å². The molecule has 0 radical (unpaired) electrons. The van der Waals surface area contributed by atoms with E-state index in [-0.39, 0.29) is 0 Å². The molecule has 0 spiro atoms. The number of nitrogens with one attached hydrogen (secondary N) is 1. The van der Waals surface area contributed by atoms with Crippen LogP contribution in [-0.2, 0) is 0 Å². The summed E-state index contributed by atoms with van der Waals surface area (Å²) >= 11 is 0. The molecule has 92 valence electrons. The van der Waals surface area contributed by atoms with E-state index in [0.29, 0.717) is 5.78 Å². The molecule has 3 aromatic rings. The molecule has 0 saturated carbocycles. The number of aryl methyl sites for hydroxylation is 3. The summed E-state index contributed by atoms with van der Waals surface area (Å²) in [6.45, 7) is 6.04. The Bertz CT molecular complexity index is 689. The molecule has 0 aromatic carbocycles. The number of nitrogens with zero attached hydrogens (tertiary/aromatic N) is 5. The third-order valence-corrected chi connectivity index (χ3v) is 2.88. The molecule has 3 heterocycles. The van der Waals surface area contributed by atoms with Gasteiger partial charge in [0.15, 0.2) is 5.82 Å². The van der Waals surface area contributed by atoms with E-state index in [0.717, 1.165) is 22.9 Å². The predicted octanol–water partition coefficient (Wildman–Crippen LogP) is 1.73. The molecule has 0 saturated heterocycles. The molecule has 0 atom stereocenters. The van der Waals surface area contributed by atoms with E-state index >= 15 is 0 Å². The van der Waals surface area contributed by atoms with E-state index in [1.54, 1.807) is 4.52 Å².